The van der Waals surface area contributed by atoms with Crippen LogP contribution in [0.15, 0.2) is 30.3 Å². The Bertz CT molecular complexity index is 778. The number of amides is 2. The van der Waals surface area contributed by atoms with Crippen LogP contribution in [0.3, 0.4) is 0 Å². The molecule has 144 valence electrons. The molecule has 1 aromatic heterocycles. The number of nitrogens with zero attached hydrogens (tertiary/aromatic N) is 3. The van der Waals surface area contributed by atoms with Gasteiger partial charge in [-0.1, -0.05) is 22.7 Å². The van der Waals surface area contributed by atoms with E-state index >= 15 is 0 Å². The van der Waals surface area contributed by atoms with Gasteiger partial charge in [-0.25, -0.2) is 0 Å². The molecule has 1 saturated heterocycles. The standard InChI is InChI=1S/C19H24N4O3S/c1-13(2)20-18(24)14-7-6-10-23(11-14)19(25)17-16(27-22-21-17)12-26-15-8-4-3-5-9-15/h3-5,8-9,13-14H,6-7,10-12H2,1-2H3,(H,20,24). The van der Waals surface area contributed by atoms with Crippen molar-refractivity contribution < 1.29 is 14.3 Å². The van der Waals surface area contributed by atoms with Crippen molar-refractivity contribution in [3.05, 3.63) is 40.9 Å². The van der Waals surface area contributed by atoms with Gasteiger partial charge in [-0.3, -0.25) is 9.59 Å². The lowest BCUT2D eigenvalue weighted by atomic mass is 9.96. The fraction of sp³-hybridized carbons (Fsp3) is 0.474. The van der Waals surface area contributed by atoms with Gasteiger partial charge >= 0.3 is 0 Å². The number of aromatic nitrogens is 2. The van der Waals surface area contributed by atoms with Gasteiger partial charge in [0.25, 0.3) is 5.91 Å². The van der Waals surface area contributed by atoms with Crippen LogP contribution < -0.4 is 10.1 Å². The molecule has 1 aliphatic heterocycles. The molecule has 1 aliphatic rings. The summed E-state index contributed by atoms with van der Waals surface area (Å²) in [6.45, 7) is 5.15. The summed E-state index contributed by atoms with van der Waals surface area (Å²) in [4.78, 5) is 27.6. The van der Waals surface area contributed by atoms with Gasteiger partial charge in [0.05, 0.1) is 10.8 Å². The van der Waals surface area contributed by atoms with Crippen LogP contribution in [0.4, 0.5) is 0 Å². The first-order valence-corrected chi connectivity index (χ1v) is 9.90. The predicted molar refractivity (Wildman–Crippen MR) is 103 cm³/mol. The minimum atomic E-state index is -0.183. The first kappa shape index (κ1) is 19.3. The number of ether oxygens (including phenoxy) is 1. The smallest absolute Gasteiger partial charge is 0.275 e. The van der Waals surface area contributed by atoms with Gasteiger partial charge in [0.15, 0.2) is 5.69 Å². The van der Waals surface area contributed by atoms with Crippen molar-refractivity contribution in [2.75, 3.05) is 13.1 Å². The number of likely N-dealkylation sites (tertiary alicyclic amines) is 1. The van der Waals surface area contributed by atoms with Gasteiger partial charge in [0.1, 0.15) is 12.4 Å². The third-order valence-corrected chi connectivity index (χ3v) is 5.08. The fourth-order valence-corrected chi connectivity index (χ4v) is 3.61. The first-order valence-electron chi connectivity index (χ1n) is 9.13. The minimum Gasteiger partial charge on any atom is -0.488 e. The summed E-state index contributed by atoms with van der Waals surface area (Å²) in [6.07, 6.45) is 1.59. The second-order valence-corrected chi connectivity index (χ2v) is 7.74. The summed E-state index contributed by atoms with van der Waals surface area (Å²) < 4.78 is 9.66. The summed E-state index contributed by atoms with van der Waals surface area (Å²) in [5.41, 5.74) is 0.320. The Hall–Kier alpha value is -2.48. The van der Waals surface area contributed by atoms with Crippen molar-refractivity contribution in [1.29, 1.82) is 0 Å². The molecule has 0 saturated carbocycles. The highest BCUT2D eigenvalue weighted by atomic mass is 32.1. The molecular weight excluding hydrogens is 364 g/mol. The highest BCUT2D eigenvalue weighted by Gasteiger charge is 2.31. The van der Waals surface area contributed by atoms with E-state index in [-0.39, 0.29) is 30.4 Å². The lowest BCUT2D eigenvalue weighted by Gasteiger charge is -2.32. The molecule has 2 amide bonds. The second-order valence-electron chi connectivity index (χ2n) is 6.90. The minimum absolute atomic E-state index is 0.00605. The maximum atomic E-state index is 12.9. The molecule has 0 spiro atoms. The van der Waals surface area contributed by atoms with Gasteiger partial charge in [0, 0.05) is 19.1 Å². The van der Waals surface area contributed by atoms with E-state index in [0.717, 1.165) is 30.1 Å². The molecule has 2 aromatic rings. The van der Waals surface area contributed by atoms with E-state index < -0.39 is 0 Å². The molecule has 0 aliphatic carbocycles. The zero-order valence-electron chi connectivity index (χ0n) is 15.6. The Labute approximate surface area is 162 Å². The largest absolute Gasteiger partial charge is 0.488 e. The predicted octanol–water partition coefficient (Wildman–Crippen LogP) is 2.49. The van der Waals surface area contributed by atoms with Crippen LogP contribution in [0.2, 0.25) is 0 Å². The number of benzene rings is 1. The number of carbonyl (C=O) groups is 2. The molecule has 1 unspecified atom stereocenters. The Balaban J connectivity index is 1.64. The van der Waals surface area contributed by atoms with E-state index in [1.165, 1.54) is 0 Å². The SMILES string of the molecule is CC(C)NC(=O)C1CCCN(C(=O)c2nnsc2COc2ccccc2)C1. The van der Waals surface area contributed by atoms with Gasteiger partial charge in [-0.15, -0.1) is 5.10 Å². The third kappa shape index (κ3) is 5.03. The summed E-state index contributed by atoms with van der Waals surface area (Å²) in [7, 11) is 0. The van der Waals surface area contributed by atoms with Crippen molar-refractivity contribution in [2.45, 2.75) is 39.3 Å². The van der Waals surface area contributed by atoms with Gasteiger partial charge in [-0.05, 0) is 50.4 Å². The van der Waals surface area contributed by atoms with Crippen LogP contribution >= 0.6 is 11.5 Å². The number of rotatable bonds is 6. The average Bonchev–Trinajstić information content (AvgIpc) is 3.15. The molecule has 1 aromatic carbocycles. The summed E-state index contributed by atoms with van der Waals surface area (Å²) in [6, 6.07) is 9.51. The van der Waals surface area contributed by atoms with E-state index in [2.05, 4.69) is 14.9 Å². The number of carbonyl (C=O) groups excluding carboxylic acids is 2. The Kier molecular flexibility index (Phi) is 6.39. The lowest BCUT2D eigenvalue weighted by Crippen LogP contribution is -2.47. The second kappa shape index (κ2) is 8.94. The molecule has 0 radical (unpaired) electrons. The number of hydrogen-bond acceptors (Lipinski definition) is 6. The van der Waals surface area contributed by atoms with Crippen LogP contribution in [-0.2, 0) is 11.4 Å². The highest BCUT2D eigenvalue weighted by Crippen LogP contribution is 2.22. The molecule has 0 bridgehead atoms. The summed E-state index contributed by atoms with van der Waals surface area (Å²) in [5.74, 6) is 0.373. The molecule has 1 atom stereocenters. The van der Waals surface area contributed by atoms with Crippen molar-refractivity contribution in [3.63, 3.8) is 0 Å². The summed E-state index contributed by atoms with van der Waals surface area (Å²) in [5, 5.41) is 6.95. The molecule has 2 heterocycles. The molecule has 3 rings (SSSR count). The van der Waals surface area contributed by atoms with E-state index in [9.17, 15) is 9.59 Å². The number of hydrogen-bond donors (Lipinski definition) is 1. The quantitative estimate of drug-likeness (QED) is 0.822. The van der Waals surface area contributed by atoms with Gasteiger partial charge < -0.3 is 15.0 Å². The lowest BCUT2D eigenvalue weighted by molar-refractivity contribution is -0.126. The molecule has 1 N–H and O–H groups in total. The average molecular weight is 388 g/mol. The fourth-order valence-electron chi connectivity index (χ4n) is 3.06. The molecule has 27 heavy (non-hydrogen) atoms. The van der Waals surface area contributed by atoms with Crippen LogP contribution in [-0.4, -0.2) is 45.4 Å². The van der Waals surface area contributed by atoms with Crippen molar-refractivity contribution in [3.8, 4) is 5.75 Å². The third-order valence-electron chi connectivity index (χ3n) is 4.38. The monoisotopic (exact) mass is 388 g/mol. The number of piperidine rings is 1. The number of para-hydroxylation sites is 1. The van der Waals surface area contributed by atoms with Crippen molar-refractivity contribution >= 4 is 23.3 Å². The van der Waals surface area contributed by atoms with Crippen LogP contribution in [0.25, 0.3) is 0 Å². The van der Waals surface area contributed by atoms with Crippen molar-refractivity contribution in [2.24, 2.45) is 5.92 Å². The Morgan fingerprint density at radius 2 is 2.11 bits per heavy atom. The molecular formula is C19H24N4O3S. The van der Waals surface area contributed by atoms with Crippen molar-refractivity contribution in [1.82, 2.24) is 19.8 Å². The van der Waals surface area contributed by atoms with E-state index in [4.69, 9.17) is 4.74 Å². The van der Waals surface area contributed by atoms with Crippen LogP contribution in [0, 0.1) is 5.92 Å². The maximum absolute atomic E-state index is 12.9. The van der Waals surface area contributed by atoms with E-state index in [1.54, 1.807) is 4.90 Å². The first-order chi connectivity index (χ1) is 13.0. The van der Waals surface area contributed by atoms with Gasteiger partial charge in [-0.2, -0.15) is 0 Å². The topological polar surface area (TPSA) is 84.4 Å². The Morgan fingerprint density at radius 1 is 1.33 bits per heavy atom. The normalized spacial score (nSPS) is 17.0. The van der Waals surface area contributed by atoms with Crippen LogP contribution in [0.1, 0.15) is 42.1 Å². The van der Waals surface area contributed by atoms with Gasteiger partial charge in [0.2, 0.25) is 5.91 Å². The maximum Gasteiger partial charge on any atom is 0.275 e. The van der Waals surface area contributed by atoms with E-state index in [0.29, 0.717) is 23.7 Å². The van der Waals surface area contributed by atoms with E-state index in [1.807, 2.05) is 44.2 Å². The number of nitrogens with one attached hydrogen (secondary N) is 1. The van der Waals surface area contributed by atoms with Crippen LogP contribution in [0.5, 0.6) is 5.75 Å². The molecule has 7 nitrogen and oxygen atoms in total. The highest BCUT2D eigenvalue weighted by molar-refractivity contribution is 7.05. The molecule has 1 fully saturated rings. The Morgan fingerprint density at radius 3 is 2.85 bits per heavy atom. The summed E-state index contributed by atoms with van der Waals surface area (Å²) >= 11 is 1.16. The molecule has 8 heteroatoms. The zero-order valence-corrected chi connectivity index (χ0v) is 16.4. The zero-order chi connectivity index (χ0) is 19.2.